The van der Waals surface area contributed by atoms with Gasteiger partial charge in [0.25, 0.3) is 5.91 Å². The van der Waals surface area contributed by atoms with E-state index in [1.807, 2.05) is 19.1 Å². The molecule has 0 spiro atoms. The topological polar surface area (TPSA) is 68.3 Å². The number of carbonyl (C=O) groups is 2. The van der Waals surface area contributed by atoms with E-state index in [2.05, 4.69) is 10.3 Å². The normalized spacial score (nSPS) is 10.0. The van der Waals surface area contributed by atoms with Crippen LogP contribution in [0.3, 0.4) is 0 Å². The number of nitrogens with one attached hydrogen (secondary N) is 1. The zero-order chi connectivity index (χ0) is 15.4. The SMILES string of the molecule is CNC(=O)c1cc(C(=O)OC)cc(-c2ccc(C)cn2)c1. The Morgan fingerprint density at radius 1 is 1.14 bits per heavy atom. The van der Waals surface area contributed by atoms with Crippen molar-refractivity contribution in [2.75, 3.05) is 14.2 Å². The smallest absolute Gasteiger partial charge is 0.337 e. The molecule has 1 amide bonds. The van der Waals surface area contributed by atoms with E-state index < -0.39 is 5.97 Å². The predicted molar refractivity (Wildman–Crippen MR) is 79.1 cm³/mol. The van der Waals surface area contributed by atoms with E-state index in [1.54, 1.807) is 18.3 Å². The van der Waals surface area contributed by atoms with Gasteiger partial charge in [0.2, 0.25) is 0 Å². The van der Waals surface area contributed by atoms with E-state index >= 15 is 0 Å². The first-order chi connectivity index (χ1) is 10.0. The summed E-state index contributed by atoms with van der Waals surface area (Å²) >= 11 is 0. The minimum absolute atomic E-state index is 0.269. The molecule has 0 radical (unpaired) electrons. The molecule has 0 saturated carbocycles. The van der Waals surface area contributed by atoms with Crippen LogP contribution in [0, 0.1) is 6.92 Å². The molecule has 0 bridgehead atoms. The van der Waals surface area contributed by atoms with Crippen molar-refractivity contribution < 1.29 is 14.3 Å². The van der Waals surface area contributed by atoms with Gasteiger partial charge in [0.15, 0.2) is 0 Å². The van der Waals surface area contributed by atoms with Crippen LogP contribution in [0.4, 0.5) is 0 Å². The van der Waals surface area contributed by atoms with Gasteiger partial charge in [0.1, 0.15) is 0 Å². The minimum Gasteiger partial charge on any atom is -0.465 e. The van der Waals surface area contributed by atoms with Crippen LogP contribution in [0.1, 0.15) is 26.3 Å². The fourth-order valence-electron chi connectivity index (χ4n) is 1.93. The van der Waals surface area contributed by atoms with Crippen LogP contribution in [-0.2, 0) is 4.74 Å². The van der Waals surface area contributed by atoms with Crippen LogP contribution in [0.5, 0.6) is 0 Å². The van der Waals surface area contributed by atoms with Crippen LogP contribution in [0.25, 0.3) is 11.3 Å². The van der Waals surface area contributed by atoms with Gasteiger partial charge in [0, 0.05) is 24.4 Å². The Labute approximate surface area is 123 Å². The molecule has 1 heterocycles. The average Bonchev–Trinajstić information content (AvgIpc) is 2.53. The lowest BCUT2D eigenvalue weighted by Crippen LogP contribution is -2.18. The van der Waals surface area contributed by atoms with Gasteiger partial charge >= 0.3 is 5.97 Å². The maximum atomic E-state index is 11.8. The Bertz CT molecular complexity index is 644. The first-order valence-corrected chi connectivity index (χ1v) is 6.43. The highest BCUT2D eigenvalue weighted by molar-refractivity contribution is 5.99. The summed E-state index contributed by atoms with van der Waals surface area (Å²) in [5.74, 6) is -0.761. The minimum atomic E-state index is -0.492. The second-order valence-electron chi connectivity index (χ2n) is 4.59. The number of rotatable bonds is 3. The van der Waals surface area contributed by atoms with Gasteiger partial charge in [0.05, 0.1) is 18.4 Å². The number of esters is 1. The summed E-state index contributed by atoms with van der Waals surface area (Å²) in [5.41, 5.74) is 3.12. The second kappa shape index (κ2) is 6.17. The number of ether oxygens (including phenoxy) is 1. The average molecular weight is 284 g/mol. The van der Waals surface area contributed by atoms with Crippen LogP contribution in [-0.4, -0.2) is 31.0 Å². The number of hydrogen-bond acceptors (Lipinski definition) is 4. The molecule has 1 aromatic heterocycles. The third-order valence-electron chi connectivity index (χ3n) is 3.05. The predicted octanol–water partition coefficient (Wildman–Crippen LogP) is 2.20. The Morgan fingerprint density at radius 2 is 1.86 bits per heavy atom. The molecule has 21 heavy (non-hydrogen) atoms. The molecule has 0 aliphatic carbocycles. The standard InChI is InChI=1S/C16H16N2O3/c1-10-4-5-14(18-9-10)11-6-12(15(19)17-2)8-13(7-11)16(20)21-3/h4-9H,1-3H3,(H,17,19). The van der Waals surface area contributed by atoms with Crippen LogP contribution in [0.15, 0.2) is 36.5 Å². The number of carbonyl (C=O) groups excluding carboxylic acids is 2. The largest absolute Gasteiger partial charge is 0.465 e. The summed E-state index contributed by atoms with van der Waals surface area (Å²) in [4.78, 5) is 27.9. The van der Waals surface area contributed by atoms with Gasteiger partial charge in [-0.3, -0.25) is 9.78 Å². The van der Waals surface area contributed by atoms with Gasteiger partial charge in [-0.05, 0) is 36.8 Å². The summed E-state index contributed by atoms with van der Waals surface area (Å²) in [6.45, 7) is 1.94. The van der Waals surface area contributed by atoms with Gasteiger partial charge < -0.3 is 10.1 Å². The Morgan fingerprint density at radius 3 is 2.43 bits per heavy atom. The van der Waals surface area contributed by atoms with Crippen LogP contribution >= 0.6 is 0 Å². The molecule has 0 aliphatic heterocycles. The zero-order valence-electron chi connectivity index (χ0n) is 12.1. The van der Waals surface area contributed by atoms with Crippen molar-refractivity contribution in [2.45, 2.75) is 6.92 Å². The van der Waals surface area contributed by atoms with E-state index in [9.17, 15) is 9.59 Å². The zero-order valence-corrected chi connectivity index (χ0v) is 12.1. The Kier molecular flexibility index (Phi) is 4.33. The van der Waals surface area contributed by atoms with Crippen molar-refractivity contribution in [2.24, 2.45) is 0 Å². The summed E-state index contributed by atoms with van der Waals surface area (Å²) < 4.78 is 4.72. The lowest BCUT2D eigenvalue weighted by molar-refractivity contribution is 0.0601. The molecule has 0 aliphatic rings. The highest BCUT2D eigenvalue weighted by atomic mass is 16.5. The molecule has 1 aromatic carbocycles. The second-order valence-corrected chi connectivity index (χ2v) is 4.59. The van der Waals surface area contributed by atoms with Crippen molar-refractivity contribution in [1.29, 1.82) is 0 Å². The molecular formula is C16H16N2O3. The number of aryl methyl sites for hydroxylation is 1. The van der Waals surface area contributed by atoms with Gasteiger partial charge in [-0.15, -0.1) is 0 Å². The lowest BCUT2D eigenvalue weighted by atomic mass is 10.0. The number of benzene rings is 1. The van der Waals surface area contributed by atoms with Crippen molar-refractivity contribution in [3.63, 3.8) is 0 Å². The fraction of sp³-hybridized carbons (Fsp3) is 0.188. The summed E-state index contributed by atoms with van der Waals surface area (Å²) in [6, 6.07) is 8.63. The van der Waals surface area contributed by atoms with Crippen LogP contribution in [0.2, 0.25) is 0 Å². The number of aromatic nitrogens is 1. The first-order valence-electron chi connectivity index (χ1n) is 6.43. The quantitative estimate of drug-likeness (QED) is 0.877. The van der Waals surface area contributed by atoms with Crippen LogP contribution < -0.4 is 5.32 Å². The third kappa shape index (κ3) is 3.25. The summed E-state index contributed by atoms with van der Waals surface area (Å²) in [7, 11) is 2.84. The summed E-state index contributed by atoms with van der Waals surface area (Å²) in [6.07, 6.45) is 1.74. The molecule has 0 saturated heterocycles. The molecular weight excluding hydrogens is 268 g/mol. The van der Waals surface area contributed by atoms with Crippen molar-refractivity contribution in [1.82, 2.24) is 10.3 Å². The number of methoxy groups -OCH3 is 1. The lowest BCUT2D eigenvalue weighted by Gasteiger charge is -2.08. The molecule has 0 atom stereocenters. The van der Waals surface area contributed by atoms with E-state index in [-0.39, 0.29) is 5.91 Å². The van der Waals surface area contributed by atoms with E-state index in [0.717, 1.165) is 5.56 Å². The van der Waals surface area contributed by atoms with Gasteiger partial charge in [-0.1, -0.05) is 6.07 Å². The van der Waals surface area contributed by atoms with Crippen molar-refractivity contribution in [3.05, 3.63) is 53.2 Å². The van der Waals surface area contributed by atoms with Crippen molar-refractivity contribution in [3.8, 4) is 11.3 Å². The third-order valence-corrected chi connectivity index (χ3v) is 3.05. The maximum absolute atomic E-state index is 11.8. The molecule has 2 aromatic rings. The van der Waals surface area contributed by atoms with Crippen molar-refractivity contribution >= 4 is 11.9 Å². The molecule has 0 unspecified atom stereocenters. The van der Waals surface area contributed by atoms with Gasteiger partial charge in [-0.2, -0.15) is 0 Å². The van der Waals surface area contributed by atoms with Gasteiger partial charge in [-0.25, -0.2) is 4.79 Å². The highest BCUT2D eigenvalue weighted by Crippen LogP contribution is 2.21. The maximum Gasteiger partial charge on any atom is 0.337 e. The van der Waals surface area contributed by atoms with E-state index in [4.69, 9.17) is 4.74 Å². The molecule has 0 fully saturated rings. The molecule has 2 rings (SSSR count). The van der Waals surface area contributed by atoms with E-state index in [1.165, 1.54) is 20.2 Å². The summed E-state index contributed by atoms with van der Waals surface area (Å²) in [5, 5.41) is 2.54. The monoisotopic (exact) mass is 284 g/mol. The Hall–Kier alpha value is -2.69. The molecule has 5 nitrogen and oxygen atoms in total. The fourth-order valence-corrected chi connectivity index (χ4v) is 1.93. The number of hydrogen-bond donors (Lipinski definition) is 1. The highest BCUT2D eigenvalue weighted by Gasteiger charge is 2.13. The molecule has 1 N–H and O–H groups in total. The first kappa shape index (κ1) is 14.7. The molecule has 108 valence electrons. The Balaban J connectivity index is 2.56. The number of nitrogens with zero attached hydrogens (tertiary/aromatic N) is 1. The molecule has 5 heteroatoms. The number of pyridine rings is 1. The van der Waals surface area contributed by atoms with E-state index in [0.29, 0.717) is 22.4 Å². The number of amides is 1.